The van der Waals surface area contributed by atoms with Crippen LogP contribution in [0.2, 0.25) is 18.1 Å². The lowest BCUT2D eigenvalue weighted by atomic mass is 10.00. The Morgan fingerprint density at radius 3 is 2.27 bits per heavy atom. The summed E-state index contributed by atoms with van der Waals surface area (Å²) in [4.78, 5) is 0. The Kier molecular flexibility index (Phi) is 5.38. The predicted molar refractivity (Wildman–Crippen MR) is 72.9 cm³/mol. The molecule has 0 nitrogen and oxygen atoms in total. The molecule has 0 aromatic rings. The average molecular weight is 222 g/mol. The summed E-state index contributed by atoms with van der Waals surface area (Å²) in [5.74, 6) is 0. The summed E-state index contributed by atoms with van der Waals surface area (Å²) >= 11 is 0. The topological polar surface area (TPSA) is 0 Å². The number of hydrogen-bond donors (Lipinski definition) is 0. The molecule has 1 heteroatoms. The number of allylic oxidation sites excluding steroid dienone is 3. The highest BCUT2D eigenvalue weighted by Gasteiger charge is 2.22. The number of rotatable bonds is 5. The van der Waals surface area contributed by atoms with E-state index in [4.69, 9.17) is 0 Å². The van der Waals surface area contributed by atoms with Gasteiger partial charge in [-0.05, 0) is 25.7 Å². The summed E-state index contributed by atoms with van der Waals surface area (Å²) in [6.07, 6.45) is 10.3. The zero-order valence-electron chi connectivity index (χ0n) is 10.7. The molecule has 0 amide bonds. The molecule has 86 valence electrons. The van der Waals surface area contributed by atoms with Crippen LogP contribution in [0.3, 0.4) is 0 Å². The largest absolute Gasteiger partial charge is 0.0940 e. The molecule has 0 radical (unpaired) electrons. The molecule has 15 heavy (non-hydrogen) atoms. The van der Waals surface area contributed by atoms with Crippen molar-refractivity contribution in [3.05, 3.63) is 23.4 Å². The minimum absolute atomic E-state index is 1.02. The Bertz CT molecular complexity index is 225. The Balaban J connectivity index is 2.64. The van der Waals surface area contributed by atoms with Crippen molar-refractivity contribution in [1.82, 2.24) is 0 Å². The van der Waals surface area contributed by atoms with Crippen LogP contribution in [0.5, 0.6) is 0 Å². The minimum Gasteiger partial charge on any atom is -0.0940 e. The van der Waals surface area contributed by atoms with Gasteiger partial charge < -0.3 is 0 Å². The quantitative estimate of drug-likeness (QED) is 0.568. The van der Waals surface area contributed by atoms with Gasteiger partial charge in [0.15, 0.2) is 0 Å². The van der Waals surface area contributed by atoms with Crippen molar-refractivity contribution in [2.75, 3.05) is 0 Å². The standard InChI is InChI=1S/C14H26Si/c1-4-15(5-2,6-3)13-12-14-10-8-7-9-11-14/h10,12-13H,4-9,11H2,1-3H3/b13-12-. The van der Waals surface area contributed by atoms with Crippen molar-refractivity contribution < 1.29 is 0 Å². The maximum absolute atomic E-state index is 2.62. The van der Waals surface area contributed by atoms with Crippen LogP contribution in [0.4, 0.5) is 0 Å². The fourth-order valence-corrected chi connectivity index (χ4v) is 5.18. The summed E-state index contributed by atoms with van der Waals surface area (Å²) in [7, 11) is -1.02. The molecule has 0 saturated heterocycles. The van der Waals surface area contributed by atoms with Crippen molar-refractivity contribution in [2.24, 2.45) is 0 Å². The van der Waals surface area contributed by atoms with Gasteiger partial charge >= 0.3 is 0 Å². The molecular formula is C14H26Si. The van der Waals surface area contributed by atoms with Crippen LogP contribution in [0, 0.1) is 0 Å². The Morgan fingerprint density at radius 1 is 1.13 bits per heavy atom. The molecule has 0 atom stereocenters. The van der Waals surface area contributed by atoms with Crippen LogP contribution in [0.15, 0.2) is 23.4 Å². The molecule has 0 fully saturated rings. The van der Waals surface area contributed by atoms with E-state index in [9.17, 15) is 0 Å². The summed E-state index contributed by atoms with van der Waals surface area (Å²) in [6, 6.07) is 4.22. The summed E-state index contributed by atoms with van der Waals surface area (Å²) in [5, 5.41) is 0. The molecule has 0 spiro atoms. The van der Waals surface area contributed by atoms with E-state index >= 15 is 0 Å². The maximum atomic E-state index is 2.62. The highest BCUT2D eigenvalue weighted by atomic mass is 28.3. The van der Waals surface area contributed by atoms with E-state index in [0.29, 0.717) is 0 Å². The third kappa shape index (κ3) is 3.64. The van der Waals surface area contributed by atoms with Crippen LogP contribution in [0.25, 0.3) is 0 Å². The third-order valence-corrected chi connectivity index (χ3v) is 9.19. The van der Waals surface area contributed by atoms with Crippen LogP contribution in [-0.4, -0.2) is 8.07 Å². The monoisotopic (exact) mass is 222 g/mol. The van der Waals surface area contributed by atoms with Gasteiger partial charge in [-0.2, -0.15) is 0 Å². The van der Waals surface area contributed by atoms with Gasteiger partial charge in [0.2, 0.25) is 0 Å². The first kappa shape index (κ1) is 12.8. The van der Waals surface area contributed by atoms with E-state index in [0.717, 1.165) is 0 Å². The average Bonchev–Trinajstić information content (AvgIpc) is 2.33. The van der Waals surface area contributed by atoms with Crippen molar-refractivity contribution in [3.63, 3.8) is 0 Å². The van der Waals surface area contributed by atoms with Crippen LogP contribution in [0.1, 0.15) is 46.5 Å². The third-order valence-electron chi connectivity index (χ3n) is 4.09. The first-order chi connectivity index (χ1) is 7.26. The molecule has 0 heterocycles. The molecule has 1 aliphatic rings. The molecule has 0 aliphatic heterocycles. The Labute approximate surface area is 96.5 Å². The molecule has 1 aliphatic carbocycles. The van der Waals surface area contributed by atoms with Gasteiger partial charge in [0.05, 0.1) is 8.07 Å². The summed E-state index contributed by atoms with van der Waals surface area (Å²) in [5.41, 5.74) is 4.22. The summed E-state index contributed by atoms with van der Waals surface area (Å²) < 4.78 is 0. The van der Waals surface area contributed by atoms with Crippen molar-refractivity contribution in [1.29, 1.82) is 0 Å². The fraction of sp³-hybridized carbons (Fsp3) is 0.714. The molecule has 0 unspecified atom stereocenters. The zero-order valence-corrected chi connectivity index (χ0v) is 11.7. The second-order valence-electron chi connectivity index (χ2n) is 4.78. The fourth-order valence-electron chi connectivity index (χ4n) is 2.40. The highest BCUT2D eigenvalue weighted by molar-refractivity contribution is 6.84. The predicted octanol–water partition coefficient (Wildman–Crippen LogP) is 5.09. The van der Waals surface area contributed by atoms with Gasteiger partial charge in [-0.1, -0.05) is 62.3 Å². The van der Waals surface area contributed by atoms with E-state index in [-0.39, 0.29) is 0 Å². The normalized spacial score (nSPS) is 18.2. The lowest BCUT2D eigenvalue weighted by Gasteiger charge is -2.24. The molecule has 0 aromatic heterocycles. The lowest BCUT2D eigenvalue weighted by molar-refractivity contribution is 0.712. The van der Waals surface area contributed by atoms with E-state index in [1.165, 1.54) is 43.8 Å². The number of hydrogen-bond acceptors (Lipinski definition) is 0. The second kappa shape index (κ2) is 6.32. The smallest absolute Gasteiger partial charge is 0.0770 e. The van der Waals surface area contributed by atoms with Gasteiger partial charge in [-0.3, -0.25) is 0 Å². The molecule has 0 aromatic carbocycles. The van der Waals surface area contributed by atoms with Gasteiger partial charge in [-0.25, -0.2) is 0 Å². The SMILES string of the molecule is CC[Si](/C=C\C1=CCCCC1)(CC)CC. The van der Waals surface area contributed by atoms with E-state index in [1.54, 1.807) is 5.57 Å². The molecule has 1 rings (SSSR count). The summed E-state index contributed by atoms with van der Waals surface area (Å²) in [6.45, 7) is 7.12. The lowest BCUT2D eigenvalue weighted by Crippen LogP contribution is -2.28. The molecular weight excluding hydrogens is 196 g/mol. The molecule has 0 saturated carbocycles. The van der Waals surface area contributed by atoms with Crippen molar-refractivity contribution in [2.45, 2.75) is 64.6 Å². The van der Waals surface area contributed by atoms with Gasteiger partial charge in [0, 0.05) is 0 Å². The van der Waals surface area contributed by atoms with Crippen LogP contribution < -0.4 is 0 Å². The van der Waals surface area contributed by atoms with Gasteiger partial charge in [-0.15, -0.1) is 0 Å². The maximum Gasteiger partial charge on any atom is 0.0770 e. The van der Waals surface area contributed by atoms with Gasteiger partial charge in [0.25, 0.3) is 0 Å². The molecule has 0 N–H and O–H groups in total. The van der Waals surface area contributed by atoms with E-state index < -0.39 is 8.07 Å². The van der Waals surface area contributed by atoms with Crippen LogP contribution >= 0.6 is 0 Å². The van der Waals surface area contributed by atoms with E-state index in [1.807, 2.05) is 0 Å². The molecule has 0 bridgehead atoms. The first-order valence-corrected chi connectivity index (χ1v) is 9.34. The van der Waals surface area contributed by atoms with Crippen LogP contribution in [-0.2, 0) is 0 Å². The Morgan fingerprint density at radius 2 is 1.80 bits per heavy atom. The van der Waals surface area contributed by atoms with Gasteiger partial charge in [0.1, 0.15) is 0 Å². The highest BCUT2D eigenvalue weighted by Crippen LogP contribution is 2.24. The minimum atomic E-state index is -1.02. The van der Waals surface area contributed by atoms with Crippen molar-refractivity contribution >= 4 is 8.07 Å². The Hall–Kier alpha value is -0.303. The zero-order chi connectivity index (χ0) is 11.1. The first-order valence-electron chi connectivity index (χ1n) is 6.64. The van der Waals surface area contributed by atoms with E-state index in [2.05, 4.69) is 38.6 Å². The van der Waals surface area contributed by atoms with Crippen molar-refractivity contribution in [3.8, 4) is 0 Å². The second-order valence-corrected chi connectivity index (χ2v) is 9.96.